The number of hydrogen-bond donors (Lipinski definition) is 4. The van der Waals surface area contributed by atoms with Gasteiger partial charge in [-0.2, -0.15) is 0 Å². The molecule has 0 aromatic carbocycles. The Kier molecular flexibility index (Phi) is 32.2. The molecule has 0 spiro atoms. The standard InChI is InChI=1S/C43H78O10/c1-3-5-7-9-11-13-15-17-18-20-22-24-26-28-30-32-39(46)52-36(35-51-43-42(49)41(48)40(47)37(33-44)53-43)34-50-38(45)31-29-27-25-23-21-19-16-14-12-10-8-6-4-2/h14,16,20,22,36-37,40-44,47-49H,3-13,15,17-19,21,23-35H2,1-2H3/b16-14+,22-20+/t36-,37-,40+,41?,42?,43-/m1/s1. The largest absolute Gasteiger partial charge is 0.462 e. The fraction of sp³-hybridized carbons (Fsp3) is 0.860. The van der Waals surface area contributed by atoms with Gasteiger partial charge in [0.05, 0.1) is 13.2 Å². The average molecular weight is 755 g/mol. The second kappa shape index (κ2) is 34.7. The molecular weight excluding hydrogens is 676 g/mol. The Bertz CT molecular complexity index is 923. The minimum Gasteiger partial charge on any atom is -0.462 e. The molecule has 10 heteroatoms. The lowest BCUT2D eigenvalue weighted by molar-refractivity contribution is -0.305. The van der Waals surface area contributed by atoms with Gasteiger partial charge in [-0.25, -0.2) is 0 Å². The van der Waals surface area contributed by atoms with Gasteiger partial charge in [0.15, 0.2) is 12.4 Å². The molecule has 1 aliphatic rings. The zero-order chi connectivity index (χ0) is 38.8. The van der Waals surface area contributed by atoms with Crippen LogP contribution >= 0.6 is 0 Å². The second-order valence-corrected chi connectivity index (χ2v) is 14.8. The zero-order valence-electron chi connectivity index (χ0n) is 33.5. The number of unbranched alkanes of at least 4 members (excludes halogenated alkanes) is 20. The van der Waals surface area contributed by atoms with Crippen molar-refractivity contribution in [3.8, 4) is 0 Å². The number of carbonyl (C=O) groups is 2. The number of aliphatic hydroxyl groups excluding tert-OH is 4. The minimum atomic E-state index is -1.60. The van der Waals surface area contributed by atoms with E-state index in [4.69, 9.17) is 18.9 Å². The van der Waals surface area contributed by atoms with Gasteiger partial charge in [0.1, 0.15) is 31.0 Å². The van der Waals surface area contributed by atoms with Crippen molar-refractivity contribution < 1.29 is 49.0 Å². The molecule has 53 heavy (non-hydrogen) atoms. The van der Waals surface area contributed by atoms with Gasteiger partial charge in [0, 0.05) is 12.8 Å². The Balaban J connectivity index is 2.37. The molecule has 1 aliphatic heterocycles. The van der Waals surface area contributed by atoms with Gasteiger partial charge in [0.25, 0.3) is 0 Å². The SMILES string of the molecule is CCCCCC/C=C/CCCCCCCC(=O)OC[C@H](CO[C@@H]1O[C@H](CO)[C@H](O)C(O)C1O)OC(=O)CCCCC/C=C/CCCCCCCCCC. The molecule has 0 saturated carbocycles. The first kappa shape index (κ1) is 49.2. The molecule has 6 atom stereocenters. The van der Waals surface area contributed by atoms with Crippen LogP contribution < -0.4 is 0 Å². The number of rotatable bonds is 35. The van der Waals surface area contributed by atoms with Crippen LogP contribution in [0.3, 0.4) is 0 Å². The summed E-state index contributed by atoms with van der Waals surface area (Å²) in [6.45, 7) is 3.38. The first-order valence-electron chi connectivity index (χ1n) is 21.4. The van der Waals surface area contributed by atoms with Crippen molar-refractivity contribution in [3.05, 3.63) is 24.3 Å². The van der Waals surface area contributed by atoms with Crippen molar-refractivity contribution in [1.29, 1.82) is 0 Å². The van der Waals surface area contributed by atoms with Gasteiger partial charge in [0.2, 0.25) is 0 Å². The molecule has 0 aromatic rings. The molecule has 10 nitrogen and oxygen atoms in total. The molecule has 4 N–H and O–H groups in total. The number of allylic oxidation sites excluding steroid dienone is 4. The summed E-state index contributed by atoms with van der Waals surface area (Å²) in [7, 11) is 0. The Hall–Kier alpha value is -1.82. The molecule has 1 heterocycles. The molecule has 1 saturated heterocycles. The van der Waals surface area contributed by atoms with Crippen molar-refractivity contribution in [3.63, 3.8) is 0 Å². The van der Waals surface area contributed by atoms with E-state index >= 15 is 0 Å². The van der Waals surface area contributed by atoms with E-state index in [1.165, 1.54) is 83.5 Å². The molecule has 310 valence electrons. The Morgan fingerprint density at radius 3 is 1.51 bits per heavy atom. The molecule has 0 aliphatic carbocycles. The fourth-order valence-electron chi connectivity index (χ4n) is 6.35. The second-order valence-electron chi connectivity index (χ2n) is 14.8. The number of aliphatic hydroxyl groups is 4. The summed E-state index contributed by atoms with van der Waals surface area (Å²) < 4.78 is 22.1. The van der Waals surface area contributed by atoms with Crippen LogP contribution in [0.5, 0.6) is 0 Å². The van der Waals surface area contributed by atoms with Crippen LogP contribution in [-0.4, -0.2) is 89.0 Å². The van der Waals surface area contributed by atoms with E-state index in [1.54, 1.807) is 0 Å². The third-order valence-electron chi connectivity index (χ3n) is 9.81. The van der Waals surface area contributed by atoms with E-state index < -0.39 is 49.4 Å². The first-order chi connectivity index (χ1) is 25.8. The summed E-state index contributed by atoms with van der Waals surface area (Å²) in [5.74, 6) is -0.833. The Morgan fingerprint density at radius 1 is 0.566 bits per heavy atom. The number of carbonyl (C=O) groups excluding carboxylic acids is 2. The molecule has 0 amide bonds. The van der Waals surface area contributed by atoms with Crippen molar-refractivity contribution in [2.45, 2.75) is 218 Å². The van der Waals surface area contributed by atoms with Crippen molar-refractivity contribution in [2.24, 2.45) is 0 Å². The lowest BCUT2D eigenvalue weighted by atomic mass is 9.99. The number of ether oxygens (including phenoxy) is 4. The summed E-state index contributed by atoms with van der Waals surface area (Å²) in [5.41, 5.74) is 0. The predicted molar refractivity (Wildman–Crippen MR) is 210 cm³/mol. The van der Waals surface area contributed by atoms with Gasteiger partial charge >= 0.3 is 11.9 Å². The number of hydrogen-bond acceptors (Lipinski definition) is 10. The molecule has 0 radical (unpaired) electrons. The fourth-order valence-corrected chi connectivity index (χ4v) is 6.35. The molecule has 0 bridgehead atoms. The van der Waals surface area contributed by atoms with Crippen LogP contribution in [0.1, 0.15) is 181 Å². The maximum absolute atomic E-state index is 12.7. The van der Waals surface area contributed by atoms with Gasteiger partial charge in [-0.05, 0) is 64.2 Å². The molecule has 1 fully saturated rings. The van der Waals surface area contributed by atoms with Crippen LogP contribution in [0.2, 0.25) is 0 Å². The Morgan fingerprint density at radius 2 is 1.00 bits per heavy atom. The van der Waals surface area contributed by atoms with E-state index in [0.29, 0.717) is 12.8 Å². The highest BCUT2D eigenvalue weighted by atomic mass is 16.7. The Labute approximate surface area is 322 Å². The average Bonchev–Trinajstić information content (AvgIpc) is 3.15. The number of esters is 2. The minimum absolute atomic E-state index is 0.210. The maximum Gasteiger partial charge on any atom is 0.306 e. The van der Waals surface area contributed by atoms with Crippen LogP contribution in [0.15, 0.2) is 24.3 Å². The third kappa shape index (κ3) is 26.6. The van der Waals surface area contributed by atoms with Crippen molar-refractivity contribution in [2.75, 3.05) is 19.8 Å². The van der Waals surface area contributed by atoms with E-state index in [2.05, 4.69) is 38.2 Å². The summed E-state index contributed by atoms with van der Waals surface area (Å²) in [4.78, 5) is 25.2. The van der Waals surface area contributed by atoms with Gasteiger partial charge in [-0.15, -0.1) is 0 Å². The lowest BCUT2D eigenvalue weighted by Gasteiger charge is -2.39. The predicted octanol–water partition coefficient (Wildman–Crippen LogP) is 8.55. The first-order valence-corrected chi connectivity index (χ1v) is 21.4. The van der Waals surface area contributed by atoms with E-state index in [9.17, 15) is 30.0 Å². The maximum atomic E-state index is 12.7. The molecule has 0 aromatic heterocycles. The van der Waals surface area contributed by atoms with Crippen molar-refractivity contribution in [1.82, 2.24) is 0 Å². The van der Waals surface area contributed by atoms with E-state index in [-0.39, 0.29) is 32.0 Å². The third-order valence-corrected chi connectivity index (χ3v) is 9.81. The highest BCUT2D eigenvalue weighted by Crippen LogP contribution is 2.22. The van der Waals surface area contributed by atoms with Crippen LogP contribution in [-0.2, 0) is 28.5 Å². The lowest BCUT2D eigenvalue weighted by Crippen LogP contribution is -2.59. The van der Waals surface area contributed by atoms with Gasteiger partial charge in [-0.3, -0.25) is 9.59 Å². The smallest absolute Gasteiger partial charge is 0.306 e. The van der Waals surface area contributed by atoms with Gasteiger partial charge < -0.3 is 39.4 Å². The van der Waals surface area contributed by atoms with Crippen molar-refractivity contribution >= 4 is 11.9 Å². The normalized spacial score (nSPS) is 21.1. The summed E-state index contributed by atoms with van der Waals surface area (Å²) in [6.07, 6.45) is 29.0. The summed E-state index contributed by atoms with van der Waals surface area (Å²) >= 11 is 0. The molecule has 1 rings (SSSR count). The molecule has 2 unspecified atom stereocenters. The monoisotopic (exact) mass is 755 g/mol. The quantitative estimate of drug-likeness (QED) is 0.0281. The highest BCUT2D eigenvalue weighted by molar-refractivity contribution is 5.70. The topological polar surface area (TPSA) is 152 Å². The van der Waals surface area contributed by atoms with Crippen LogP contribution in [0, 0.1) is 0 Å². The van der Waals surface area contributed by atoms with Crippen LogP contribution in [0.4, 0.5) is 0 Å². The van der Waals surface area contributed by atoms with Gasteiger partial charge in [-0.1, -0.05) is 128 Å². The highest BCUT2D eigenvalue weighted by Gasteiger charge is 2.44. The zero-order valence-corrected chi connectivity index (χ0v) is 33.5. The summed E-state index contributed by atoms with van der Waals surface area (Å²) in [5, 5.41) is 40.0. The molecular formula is C43H78O10. The van der Waals surface area contributed by atoms with E-state index in [1.807, 2.05) is 0 Å². The van der Waals surface area contributed by atoms with Crippen LogP contribution in [0.25, 0.3) is 0 Å². The summed E-state index contributed by atoms with van der Waals surface area (Å²) in [6, 6.07) is 0. The van der Waals surface area contributed by atoms with E-state index in [0.717, 1.165) is 57.8 Å².